The Kier molecular flexibility index (Phi) is 5.59. The minimum Gasteiger partial charge on any atom is -0.485 e. The first-order chi connectivity index (χ1) is 10.1. The molecule has 0 amide bonds. The van der Waals surface area contributed by atoms with Gasteiger partial charge in [0.15, 0.2) is 6.61 Å². The summed E-state index contributed by atoms with van der Waals surface area (Å²) in [4.78, 5) is 4.11. The number of halogens is 1. The topological polar surface area (TPSA) is 60.2 Å². The molecule has 0 aliphatic carbocycles. The summed E-state index contributed by atoms with van der Waals surface area (Å²) in [5.74, 6) is 2.37. The number of hydrogen-bond acceptors (Lipinski definition) is 5. The molecule has 2 aromatic rings. The van der Waals surface area contributed by atoms with Crippen LogP contribution in [0.1, 0.15) is 31.1 Å². The number of benzene rings is 1. The van der Waals surface area contributed by atoms with E-state index < -0.39 is 0 Å². The van der Waals surface area contributed by atoms with Gasteiger partial charge < -0.3 is 14.6 Å². The van der Waals surface area contributed by atoms with E-state index in [0.29, 0.717) is 29.2 Å². The number of ether oxygens (including phenoxy) is 1. The van der Waals surface area contributed by atoms with Gasteiger partial charge >= 0.3 is 0 Å². The minimum absolute atomic E-state index is 0.259. The van der Waals surface area contributed by atoms with Gasteiger partial charge in [-0.1, -0.05) is 36.7 Å². The predicted molar refractivity (Wildman–Crippen MR) is 81.4 cm³/mol. The first kappa shape index (κ1) is 15.8. The molecule has 0 saturated carbocycles. The predicted octanol–water partition coefficient (Wildman–Crippen LogP) is 3.36. The van der Waals surface area contributed by atoms with E-state index in [0.717, 1.165) is 17.9 Å². The van der Waals surface area contributed by atoms with E-state index in [1.54, 1.807) is 6.92 Å². The van der Waals surface area contributed by atoms with Crippen molar-refractivity contribution in [2.24, 2.45) is 5.92 Å². The Balaban J connectivity index is 2.02. The van der Waals surface area contributed by atoms with Crippen LogP contribution in [0.5, 0.6) is 5.75 Å². The van der Waals surface area contributed by atoms with Crippen molar-refractivity contribution in [1.29, 1.82) is 0 Å². The van der Waals surface area contributed by atoms with Crippen molar-refractivity contribution in [3.8, 4) is 5.75 Å². The Morgan fingerprint density at radius 3 is 2.86 bits per heavy atom. The van der Waals surface area contributed by atoms with Crippen molar-refractivity contribution >= 4 is 11.6 Å². The summed E-state index contributed by atoms with van der Waals surface area (Å²) in [7, 11) is 0. The van der Waals surface area contributed by atoms with Crippen LogP contribution >= 0.6 is 11.6 Å². The number of aromatic nitrogens is 2. The molecule has 1 aromatic heterocycles. The number of nitrogens with one attached hydrogen (secondary N) is 1. The van der Waals surface area contributed by atoms with Crippen LogP contribution in [0.3, 0.4) is 0 Å². The van der Waals surface area contributed by atoms with Crippen molar-refractivity contribution < 1.29 is 9.26 Å². The molecule has 1 heterocycles. The molecular formula is C15H20ClN3O2. The van der Waals surface area contributed by atoms with E-state index in [9.17, 15) is 0 Å². The second-order valence-corrected chi connectivity index (χ2v) is 5.67. The van der Waals surface area contributed by atoms with Gasteiger partial charge in [0.05, 0.1) is 0 Å². The lowest BCUT2D eigenvalue weighted by Crippen LogP contribution is -2.19. The summed E-state index contributed by atoms with van der Waals surface area (Å²) in [6, 6.07) is 5.62. The average molecular weight is 310 g/mol. The van der Waals surface area contributed by atoms with Gasteiger partial charge in [-0.3, -0.25) is 0 Å². The van der Waals surface area contributed by atoms with Crippen molar-refractivity contribution in [2.45, 2.75) is 33.9 Å². The number of hydrogen-bond donors (Lipinski definition) is 1. The summed E-state index contributed by atoms with van der Waals surface area (Å²) in [5, 5.41) is 7.87. The molecule has 1 N–H and O–H groups in total. The Labute approximate surface area is 129 Å². The Morgan fingerprint density at radius 1 is 1.38 bits per heavy atom. The number of rotatable bonds is 7. The maximum Gasteiger partial charge on any atom is 0.223 e. The molecule has 0 bridgehead atoms. The lowest BCUT2D eigenvalue weighted by Gasteiger charge is -2.13. The van der Waals surface area contributed by atoms with Crippen LogP contribution in [0.25, 0.3) is 0 Å². The van der Waals surface area contributed by atoms with Crippen LogP contribution in [0.2, 0.25) is 5.02 Å². The van der Waals surface area contributed by atoms with Crippen LogP contribution in [0.4, 0.5) is 0 Å². The van der Waals surface area contributed by atoms with Gasteiger partial charge in [0.25, 0.3) is 0 Å². The van der Waals surface area contributed by atoms with Crippen molar-refractivity contribution in [3.05, 3.63) is 40.5 Å². The molecule has 1 aromatic carbocycles. The van der Waals surface area contributed by atoms with Crippen molar-refractivity contribution in [2.75, 3.05) is 6.54 Å². The average Bonchev–Trinajstić information content (AvgIpc) is 2.84. The maximum absolute atomic E-state index is 6.26. The van der Waals surface area contributed by atoms with Crippen molar-refractivity contribution in [1.82, 2.24) is 15.5 Å². The zero-order valence-electron chi connectivity index (χ0n) is 12.5. The zero-order chi connectivity index (χ0) is 15.2. The summed E-state index contributed by atoms with van der Waals surface area (Å²) in [6.45, 7) is 7.92. The molecule has 0 saturated heterocycles. The Hall–Kier alpha value is -1.59. The molecule has 0 unspecified atom stereocenters. The Morgan fingerprint density at radius 2 is 2.19 bits per heavy atom. The van der Waals surface area contributed by atoms with E-state index in [-0.39, 0.29) is 6.61 Å². The zero-order valence-corrected chi connectivity index (χ0v) is 13.3. The van der Waals surface area contributed by atoms with E-state index in [1.165, 1.54) is 0 Å². The fraction of sp³-hybridized carbons (Fsp3) is 0.467. The molecule has 0 aliphatic rings. The van der Waals surface area contributed by atoms with E-state index in [1.807, 2.05) is 18.2 Å². The summed E-state index contributed by atoms with van der Waals surface area (Å²) in [5.41, 5.74) is 0.944. The molecular weight excluding hydrogens is 290 g/mol. The second-order valence-electron chi connectivity index (χ2n) is 5.26. The summed E-state index contributed by atoms with van der Waals surface area (Å²) in [6.07, 6.45) is 0. The molecule has 0 aliphatic heterocycles. The molecule has 21 heavy (non-hydrogen) atoms. The first-order valence-corrected chi connectivity index (χ1v) is 7.34. The first-order valence-electron chi connectivity index (χ1n) is 6.96. The van der Waals surface area contributed by atoms with Crippen LogP contribution < -0.4 is 10.1 Å². The maximum atomic E-state index is 6.26. The van der Waals surface area contributed by atoms with Crippen LogP contribution in [-0.4, -0.2) is 16.7 Å². The third-order valence-electron chi connectivity index (χ3n) is 2.86. The lowest BCUT2D eigenvalue weighted by atomic mass is 10.1. The van der Waals surface area contributed by atoms with Crippen LogP contribution in [-0.2, 0) is 13.2 Å². The monoisotopic (exact) mass is 309 g/mol. The fourth-order valence-corrected chi connectivity index (χ4v) is 2.11. The quantitative estimate of drug-likeness (QED) is 0.850. The molecule has 0 fully saturated rings. The van der Waals surface area contributed by atoms with Crippen LogP contribution in [0, 0.1) is 12.8 Å². The third-order valence-corrected chi connectivity index (χ3v) is 3.21. The second kappa shape index (κ2) is 7.43. The van der Waals surface area contributed by atoms with Gasteiger partial charge in [0.1, 0.15) is 5.75 Å². The standard InChI is InChI=1S/C15H20ClN3O2/c1-10(2)7-17-8-12-13(16)5-4-6-14(12)20-9-15-18-11(3)21-19-15/h4-6,10,17H,7-9H2,1-3H3. The van der Waals surface area contributed by atoms with Crippen LogP contribution in [0.15, 0.2) is 22.7 Å². The summed E-state index contributed by atoms with van der Waals surface area (Å²) < 4.78 is 10.7. The molecule has 2 rings (SSSR count). The van der Waals surface area contributed by atoms with Gasteiger partial charge in [0, 0.05) is 24.1 Å². The SMILES string of the molecule is Cc1nc(COc2cccc(Cl)c2CNCC(C)C)no1. The van der Waals surface area contributed by atoms with Gasteiger partial charge in [0.2, 0.25) is 11.7 Å². The molecule has 0 spiro atoms. The molecule has 0 atom stereocenters. The van der Waals surface area contributed by atoms with Gasteiger partial charge in [-0.2, -0.15) is 4.98 Å². The highest BCUT2D eigenvalue weighted by molar-refractivity contribution is 6.31. The fourth-order valence-electron chi connectivity index (χ4n) is 1.87. The van der Waals surface area contributed by atoms with E-state index in [2.05, 4.69) is 29.3 Å². The van der Waals surface area contributed by atoms with Crippen molar-refractivity contribution in [3.63, 3.8) is 0 Å². The summed E-state index contributed by atoms with van der Waals surface area (Å²) >= 11 is 6.26. The van der Waals surface area contributed by atoms with E-state index in [4.69, 9.17) is 20.9 Å². The molecule has 114 valence electrons. The largest absolute Gasteiger partial charge is 0.485 e. The highest BCUT2D eigenvalue weighted by Crippen LogP contribution is 2.27. The van der Waals surface area contributed by atoms with Gasteiger partial charge in [-0.25, -0.2) is 0 Å². The van der Waals surface area contributed by atoms with Gasteiger partial charge in [-0.15, -0.1) is 0 Å². The molecule has 0 radical (unpaired) electrons. The highest BCUT2D eigenvalue weighted by atomic mass is 35.5. The normalized spacial score (nSPS) is 11.1. The number of aryl methyl sites for hydroxylation is 1. The molecule has 5 nitrogen and oxygen atoms in total. The Bertz CT molecular complexity index is 584. The minimum atomic E-state index is 0.259. The number of nitrogens with zero attached hydrogens (tertiary/aromatic N) is 2. The highest BCUT2D eigenvalue weighted by Gasteiger charge is 2.10. The lowest BCUT2D eigenvalue weighted by molar-refractivity contribution is 0.282. The third kappa shape index (κ3) is 4.72. The molecule has 6 heteroatoms. The smallest absolute Gasteiger partial charge is 0.223 e. The van der Waals surface area contributed by atoms with Gasteiger partial charge in [-0.05, 0) is 24.6 Å². The van der Waals surface area contributed by atoms with E-state index >= 15 is 0 Å².